The third-order valence-corrected chi connectivity index (χ3v) is 2.53. The first-order valence-corrected chi connectivity index (χ1v) is 5.94. The lowest BCUT2D eigenvalue weighted by atomic mass is 10.1. The van der Waals surface area contributed by atoms with Crippen molar-refractivity contribution in [1.29, 1.82) is 0 Å². The highest BCUT2D eigenvalue weighted by Crippen LogP contribution is 2.24. The molecule has 0 saturated carbocycles. The van der Waals surface area contributed by atoms with Crippen LogP contribution in [0.3, 0.4) is 0 Å². The fourth-order valence-electron chi connectivity index (χ4n) is 1.81. The maximum Gasteiger partial charge on any atom is 0.134 e. The summed E-state index contributed by atoms with van der Waals surface area (Å²) in [6, 6.07) is 3.81. The Morgan fingerprint density at radius 1 is 1.38 bits per heavy atom. The van der Waals surface area contributed by atoms with Gasteiger partial charge in [-0.1, -0.05) is 19.9 Å². The summed E-state index contributed by atoms with van der Waals surface area (Å²) in [4.78, 5) is 6.61. The Kier molecular flexibility index (Phi) is 4.74. The number of hydrogen-bond donors (Lipinski definition) is 1. The predicted octanol–water partition coefficient (Wildman–Crippen LogP) is 2.62. The van der Waals surface area contributed by atoms with E-state index in [9.17, 15) is 5.11 Å². The van der Waals surface area contributed by atoms with Gasteiger partial charge in [-0.3, -0.25) is 0 Å². The number of pyridine rings is 1. The SMILES string of the molecule is CCN(CC(C)C)c1ncccc1[C@@H](C)O. The number of aliphatic hydroxyl groups excluding tert-OH is 1. The number of hydrogen-bond acceptors (Lipinski definition) is 3. The average Bonchev–Trinajstić information content (AvgIpc) is 2.25. The first-order valence-electron chi connectivity index (χ1n) is 5.94. The highest BCUT2D eigenvalue weighted by atomic mass is 16.3. The molecular formula is C13H22N2O. The van der Waals surface area contributed by atoms with E-state index in [1.165, 1.54) is 0 Å². The number of aromatic nitrogens is 1. The summed E-state index contributed by atoms with van der Waals surface area (Å²) in [6.07, 6.45) is 1.31. The molecule has 1 N–H and O–H groups in total. The molecule has 3 heteroatoms. The summed E-state index contributed by atoms with van der Waals surface area (Å²) in [6.45, 7) is 10.1. The lowest BCUT2D eigenvalue weighted by molar-refractivity contribution is 0.199. The van der Waals surface area contributed by atoms with Crippen LogP contribution < -0.4 is 4.90 Å². The van der Waals surface area contributed by atoms with Gasteiger partial charge < -0.3 is 10.0 Å². The molecule has 0 aromatic carbocycles. The van der Waals surface area contributed by atoms with Crippen LogP contribution >= 0.6 is 0 Å². The molecule has 90 valence electrons. The minimum Gasteiger partial charge on any atom is -0.389 e. The third-order valence-electron chi connectivity index (χ3n) is 2.53. The van der Waals surface area contributed by atoms with Crippen molar-refractivity contribution in [2.24, 2.45) is 5.92 Å². The Morgan fingerprint density at radius 2 is 2.06 bits per heavy atom. The lowest BCUT2D eigenvalue weighted by Crippen LogP contribution is -2.29. The fourth-order valence-corrected chi connectivity index (χ4v) is 1.81. The van der Waals surface area contributed by atoms with Crippen LogP contribution in [0.25, 0.3) is 0 Å². The fraction of sp³-hybridized carbons (Fsp3) is 0.615. The van der Waals surface area contributed by atoms with Gasteiger partial charge in [0.1, 0.15) is 5.82 Å². The van der Waals surface area contributed by atoms with Crippen molar-refractivity contribution in [3.05, 3.63) is 23.9 Å². The highest BCUT2D eigenvalue weighted by Gasteiger charge is 2.14. The van der Waals surface area contributed by atoms with Gasteiger partial charge in [0.05, 0.1) is 6.10 Å². The molecule has 1 aromatic rings. The molecule has 0 aliphatic heterocycles. The molecule has 0 saturated heterocycles. The minimum atomic E-state index is -0.468. The maximum absolute atomic E-state index is 9.72. The Balaban J connectivity index is 2.99. The highest BCUT2D eigenvalue weighted by molar-refractivity contribution is 5.47. The first-order chi connectivity index (χ1) is 7.56. The molecule has 0 aliphatic rings. The number of aliphatic hydroxyl groups is 1. The quantitative estimate of drug-likeness (QED) is 0.832. The molecular weight excluding hydrogens is 200 g/mol. The van der Waals surface area contributed by atoms with Gasteiger partial charge in [0.2, 0.25) is 0 Å². The van der Waals surface area contributed by atoms with Crippen LogP contribution in [0.15, 0.2) is 18.3 Å². The summed E-state index contributed by atoms with van der Waals surface area (Å²) < 4.78 is 0. The van der Waals surface area contributed by atoms with Crippen molar-refractivity contribution in [2.45, 2.75) is 33.8 Å². The third kappa shape index (κ3) is 3.20. The molecule has 0 amide bonds. The molecule has 0 bridgehead atoms. The van der Waals surface area contributed by atoms with Crippen LogP contribution in [0.5, 0.6) is 0 Å². The van der Waals surface area contributed by atoms with E-state index >= 15 is 0 Å². The molecule has 1 heterocycles. The van der Waals surface area contributed by atoms with Gasteiger partial charge >= 0.3 is 0 Å². The second-order valence-corrected chi connectivity index (χ2v) is 4.52. The van der Waals surface area contributed by atoms with Crippen LogP contribution in [-0.4, -0.2) is 23.2 Å². The number of anilines is 1. The number of nitrogens with zero attached hydrogens (tertiary/aromatic N) is 2. The summed E-state index contributed by atoms with van der Waals surface area (Å²) in [7, 11) is 0. The zero-order chi connectivity index (χ0) is 12.1. The van der Waals surface area contributed by atoms with E-state index < -0.39 is 6.10 Å². The van der Waals surface area contributed by atoms with Crippen LogP contribution in [0, 0.1) is 5.92 Å². The molecule has 0 spiro atoms. The topological polar surface area (TPSA) is 36.4 Å². The summed E-state index contributed by atoms with van der Waals surface area (Å²) in [5, 5.41) is 9.72. The smallest absolute Gasteiger partial charge is 0.134 e. The van der Waals surface area contributed by atoms with Gasteiger partial charge in [-0.05, 0) is 25.8 Å². The normalized spacial score (nSPS) is 12.9. The molecule has 0 fully saturated rings. The average molecular weight is 222 g/mol. The van der Waals surface area contributed by atoms with Crippen LogP contribution in [0.1, 0.15) is 39.4 Å². The summed E-state index contributed by atoms with van der Waals surface area (Å²) >= 11 is 0. The van der Waals surface area contributed by atoms with Crippen molar-refractivity contribution >= 4 is 5.82 Å². The first kappa shape index (κ1) is 13.0. The Labute approximate surface area is 98.1 Å². The van der Waals surface area contributed by atoms with E-state index in [1.54, 1.807) is 13.1 Å². The second-order valence-electron chi connectivity index (χ2n) is 4.52. The Morgan fingerprint density at radius 3 is 2.56 bits per heavy atom. The standard InChI is InChI=1S/C13H22N2O/c1-5-15(9-10(2)3)13-12(11(4)16)7-6-8-14-13/h6-8,10-11,16H,5,9H2,1-4H3/t11-/m1/s1. The van der Waals surface area contributed by atoms with Crippen molar-refractivity contribution in [1.82, 2.24) is 4.98 Å². The van der Waals surface area contributed by atoms with Gasteiger partial charge in [-0.25, -0.2) is 4.98 Å². The van der Waals surface area contributed by atoms with Crippen molar-refractivity contribution in [3.63, 3.8) is 0 Å². The van der Waals surface area contributed by atoms with Crippen LogP contribution in [0.4, 0.5) is 5.82 Å². The van der Waals surface area contributed by atoms with Gasteiger partial charge in [0.25, 0.3) is 0 Å². The van der Waals surface area contributed by atoms with Crippen molar-refractivity contribution in [3.8, 4) is 0 Å². The summed E-state index contributed by atoms with van der Waals surface area (Å²) in [5.41, 5.74) is 0.907. The lowest BCUT2D eigenvalue weighted by Gasteiger charge is -2.26. The minimum absolute atomic E-state index is 0.468. The monoisotopic (exact) mass is 222 g/mol. The van der Waals surface area contributed by atoms with E-state index in [0.29, 0.717) is 5.92 Å². The van der Waals surface area contributed by atoms with E-state index in [-0.39, 0.29) is 0 Å². The van der Waals surface area contributed by atoms with Crippen LogP contribution in [-0.2, 0) is 0 Å². The van der Waals surface area contributed by atoms with Crippen molar-refractivity contribution < 1.29 is 5.11 Å². The van der Waals surface area contributed by atoms with E-state index in [4.69, 9.17) is 0 Å². The largest absolute Gasteiger partial charge is 0.389 e. The molecule has 1 atom stereocenters. The summed E-state index contributed by atoms with van der Waals surface area (Å²) in [5.74, 6) is 1.50. The molecule has 0 aliphatic carbocycles. The maximum atomic E-state index is 9.72. The molecule has 3 nitrogen and oxygen atoms in total. The predicted molar refractivity (Wildman–Crippen MR) is 67.6 cm³/mol. The Bertz CT molecular complexity index is 323. The molecule has 1 aromatic heterocycles. The Hall–Kier alpha value is -1.09. The van der Waals surface area contributed by atoms with Gasteiger partial charge in [0, 0.05) is 24.8 Å². The zero-order valence-electron chi connectivity index (χ0n) is 10.6. The van der Waals surface area contributed by atoms with Gasteiger partial charge in [-0.2, -0.15) is 0 Å². The van der Waals surface area contributed by atoms with Crippen LogP contribution in [0.2, 0.25) is 0 Å². The van der Waals surface area contributed by atoms with E-state index in [1.807, 2.05) is 12.1 Å². The molecule has 0 unspecified atom stereocenters. The number of rotatable bonds is 5. The second kappa shape index (κ2) is 5.85. The molecule has 16 heavy (non-hydrogen) atoms. The van der Waals surface area contributed by atoms with Gasteiger partial charge in [0.15, 0.2) is 0 Å². The van der Waals surface area contributed by atoms with E-state index in [0.717, 1.165) is 24.5 Å². The van der Waals surface area contributed by atoms with Crippen molar-refractivity contribution in [2.75, 3.05) is 18.0 Å². The van der Waals surface area contributed by atoms with Gasteiger partial charge in [-0.15, -0.1) is 0 Å². The molecule has 0 radical (unpaired) electrons. The molecule has 1 rings (SSSR count). The van der Waals surface area contributed by atoms with E-state index in [2.05, 4.69) is 30.7 Å². The zero-order valence-corrected chi connectivity index (χ0v) is 10.6.